The third-order valence-corrected chi connectivity index (χ3v) is 6.43. The molecule has 0 aromatic heterocycles. The van der Waals surface area contributed by atoms with Crippen molar-refractivity contribution < 1.29 is 12.8 Å². The van der Waals surface area contributed by atoms with E-state index in [1.165, 1.54) is 10.4 Å². The molecule has 0 unspecified atom stereocenters. The van der Waals surface area contributed by atoms with Crippen molar-refractivity contribution in [2.24, 2.45) is 4.99 Å². The number of likely N-dealkylation sites (N-methyl/N-ethyl adjacent to an activating group) is 1. The lowest BCUT2D eigenvalue weighted by Gasteiger charge is -2.37. The monoisotopic (exact) mass is 374 g/mol. The van der Waals surface area contributed by atoms with Gasteiger partial charge in [0, 0.05) is 26.2 Å². The largest absolute Gasteiger partial charge is 0.339 e. The summed E-state index contributed by atoms with van der Waals surface area (Å²) in [6, 6.07) is 3.46. The van der Waals surface area contributed by atoms with Crippen LogP contribution in [0.3, 0.4) is 0 Å². The van der Waals surface area contributed by atoms with Gasteiger partial charge in [-0.15, -0.1) is 0 Å². The Morgan fingerprint density at radius 3 is 2.54 bits per heavy atom. The van der Waals surface area contributed by atoms with Crippen LogP contribution < -0.4 is 0 Å². The van der Waals surface area contributed by atoms with Gasteiger partial charge < -0.3 is 9.80 Å². The summed E-state index contributed by atoms with van der Waals surface area (Å²) in [5, 5.41) is -0.203. The first kappa shape index (κ1) is 17.4. The average Bonchev–Trinajstić information content (AvgIpc) is 3.08. The van der Waals surface area contributed by atoms with Gasteiger partial charge in [-0.1, -0.05) is 18.5 Å². The fourth-order valence-corrected chi connectivity index (χ4v) is 4.65. The molecule has 1 saturated heterocycles. The van der Waals surface area contributed by atoms with Gasteiger partial charge in [0.2, 0.25) is 5.96 Å². The molecule has 9 heteroatoms. The Balaban J connectivity index is 1.83. The van der Waals surface area contributed by atoms with Crippen molar-refractivity contribution in [1.29, 1.82) is 0 Å². The number of piperazine rings is 1. The Morgan fingerprint density at radius 1 is 1.21 bits per heavy atom. The zero-order valence-electron chi connectivity index (χ0n) is 13.5. The van der Waals surface area contributed by atoms with Crippen molar-refractivity contribution in [2.75, 3.05) is 45.8 Å². The summed E-state index contributed by atoms with van der Waals surface area (Å²) < 4.78 is 40.4. The van der Waals surface area contributed by atoms with E-state index in [1.54, 1.807) is 0 Å². The molecule has 1 fully saturated rings. The van der Waals surface area contributed by atoms with Crippen LogP contribution in [-0.4, -0.2) is 74.3 Å². The van der Waals surface area contributed by atoms with Crippen LogP contribution in [0.25, 0.3) is 0 Å². The zero-order valence-corrected chi connectivity index (χ0v) is 15.0. The lowest BCUT2D eigenvalue weighted by Crippen LogP contribution is -2.53. The van der Waals surface area contributed by atoms with Gasteiger partial charge >= 0.3 is 0 Å². The zero-order chi connectivity index (χ0) is 17.3. The molecule has 3 rings (SSSR count). The molecular weight excluding hydrogens is 355 g/mol. The number of rotatable bonds is 3. The molecule has 6 nitrogen and oxygen atoms in total. The fourth-order valence-electron chi connectivity index (χ4n) is 2.93. The minimum Gasteiger partial charge on any atom is -0.339 e. The summed E-state index contributed by atoms with van der Waals surface area (Å²) in [6.07, 6.45) is 0. The predicted molar refractivity (Wildman–Crippen MR) is 91.3 cm³/mol. The lowest BCUT2D eigenvalue weighted by atomic mass is 10.3. The summed E-state index contributed by atoms with van der Waals surface area (Å²) in [6.45, 7) is 7.05. The second-order valence-corrected chi connectivity index (χ2v) is 8.03. The molecule has 0 amide bonds. The Morgan fingerprint density at radius 2 is 1.92 bits per heavy atom. The van der Waals surface area contributed by atoms with Gasteiger partial charge in [-0.25, -0.2) is 17.1 Å². The van der Waals surface area contributed by atoms with Crippen molar-refractivity contribution in [1.82, 2.24) is 14.1 Å². The van der Waals surface area contributed by atoms with Gasteiger partial charge in [-0.2, -0.15) is 0 Å². The molecule has 0 bridgehead atoms. The first-order valence-corrected chi connectivity index (χ1v) is 9.75. The van der Waals surface area contributed by atoms with Crippen LogP contribution in [-0.2, 0) is 10.0 Å². The van der Waals surface area contributed by atoms with Crippen LogP contribution in [0.1, 0.15) is 6.92 Å². The van der Waals surface area contributed by atoms with Crippen molar-refractivity contribution in [3.05, 3.63) is 29.0 Å². The van der Waals surface area contributed by atoms with E-state index in [-0.39, 0.29) is 9.92 Å². The lowest BCUT2D eigenvalue weighted by molar-refractivity contribution is 0.184. The van der Waals surface area contributed by atoms with Crippen molar-refractivity contribution in [3.8, 4) is 0 Å². The smallest absolute Gasteiger partial charge is 0.266 e. The van der Waals surface area contributed by atoms with E-state index < -0.39 is 15.8 Å². The van der Waals surface area contributed by atoms with Crippen LogP contribution in [0.4, 0.5) is 4.39 Å². The first-order chi connectivity index (χ1) is 11.4. The molecule has 0 saturated carbocycles. The van der Waals surface area contributed by atoms with Gasteiger partial charge in [0.15, 0.2) is 0 Å². The summed E-state index contributed by atoms with van der Waals surface area (Å²) in [5.41, 5.74) is 0. The van der Waals surface area contributed by atoms with E-state index in [2.05, 4.69) is 16.8 Å². The van der Waals surface area contributed by atoms with E-state index in [9.17, 15) is 12.8 Å². The molecule has 24 heavy (non-hydrogen) atoms. The number of guanidine groups is 1. The molecule has 2 aliphatic heterocycles. The molecule has 0 radical (unpaired) electrons. The second kappa shape index (κ2) is 6.85. The Bertz CT molecular complexity index is 748. The molecule has 0 N–H and O–H groups in total. The maximum absolute atomic E-state index is 13.3. The topological polar surface area (TPSA) is 56.2 Å². The summed E-state index contributed by atoms with van der Waals surface area (Å²) in [7, 11) is -3.80. The highest BCUT2D eigenvalue weighted by Crippen LogP contribution is 2.25. The minimum absolute atomic E-state index is 0.0179. The van der Waals surface area contributed by atoms with Gasteiger partial charge in [0.05, 0.1) is 23.0 Å². The van der Waals surface area contributed by atoms with Crippen LogP contribution in [0, 0.1) is 5.82 Å². The van der Waals surface area contributed by atoms with E-state index in [0.29, 0.717) is 19.0 Å². The minimum atomic E-state index is -3.80. The normalized spacial score (nSPS) is 19.7. The van der Waals surface area contributed by atoms with Gasteiger partial charge in [0.25, 0.3) is 10.0 Å². The number of hydrogen-bond donors (Lipinski definition) is 0. The van der Waals surface area contributed by atoms with Crippen LogP contribution in [0.2, 0.25) is 5.02 Å². The summed E-state index contributed by atoms with van der Waals surface area (Å²) in [5.74, 6) is -0.159. The molecule has 2 heterocycles. The molecule has 2 aliphatic rings. The highest BCUT2D eigenvalue weighted by Gasteiger charge is 2.35. The van der Waals surface area contributed by atoms with Gasteiger partial charge in [-0.3, -0.25) is 4.99 Å². The number of hydrogen-bond acceptors (Lipinski definition) is 5. The van der Waals surface area contributed by atoms with E-state index in [0.717, 1.165) is 44.9 Å². The number of nitrogens with zero attached hydrogens (tertiary/aromatic N) is 4. The van der Waals surface area contributed by atoms with Crippen LogP contribution >= 0.6 is 11.6 Å². The molecule has 1 aromatic carbocycles. The van der Waals surface area contributed by atoms with Gasteiger partial charge in [-0.05, 0) is 24.7 Å². The Labute approximate surface area is 146 Å². The quantitative estimate of drug-likeness (QED) is 0.804. The molecule has 0 atom stereocenters. The number of sulfonamides is 1. The highest BCUT2D eigenvalue weighted by atomic mass is 35.5. The fraction of sp³-hybridized carbons (Fsp3) is 0.533. The molecule has 0 aliphatic carbocycles. The van der Waals surface area contributed by atoms with Gasteiger partial charge in [0.1, 0.15) is 5.82 Å². The molecule has 1 aromatic rings. The van der Waals surface area contributed by atoms with Crippen LogP contribution in [0.5, 0.6) is 0 Å². The summed E-state index contributed by atoms with van der Waals surface area (Å²) in [4.78, 5) is 8.68. The maximum atomic E-state index is 13.3. The Kier molecular flexibility index (Phi) is 4.98. The third kappa shape index (κ3) is 3.22. The SMILES string of the molecule is CCN1CCN(C2=NCCN2S(=O)(=O)c2ccc(F)c(Cl)c2)CC1. The van der Waals surface area contributed by atoms with E-state index >= 15 is 0 Å². The third-order valence-electron chi connectivity index (χ3n) is 4.36. The van der Waals surface area contributed by atoms with Crippen molar-refractivity contribution >= 4 is 27.6 Å². The number of halogens is 2. The molecule has 0 spiro atoms. The van der Waals surface area contributed by atoms with Crippen molar-refractivity contribution in [2.45, 2.75) is 11.8 Å². The number of benzene rings is 1. The first-order valence-electron chi connectivity index (χ1n) is 7.93. The standard InChI is InChI=1S/C15H20ClFN4O2S/c1-2-19-7-9-20(10-8-19)15-18-5-6-21(15)24(22,23)12-3-4-14(17)13(16)11-12/h3-4,11H,2,5-10H2,1H3. The van der Waals surface area contributed by atoms with Crippen LogP contribution in [0.15, 0.2) is 28.1 Å². The second-order valence-electron chi connectivity index (χ2n) is 5.76. The molecule has 132 valence electrons. The highest BCUT2D eigenvalue weighted by molar-refractivity contribution is 7.89. The van der Waals surface area contributed by atoms with E-state index in [1.807, 2.05) is 4.90 Å². The Hall–Kier alpha value is -1.38. The maximum Gasteiger partial charge on any atom is 0.266 e. The molecular formula is C15H20ClFN4O2S. The van der Waals surface area contributed by atoms with Crippen molar-refractivity contribution in [3.63, 3.8) is 0 Å². The predicted octanol–water partition coefficient (Wildman–Crippen LogP) is 1.48. The number of aliphatic imine (C=N–C) groups is 1. The van der Waals surface area contributed by atoms with E-state index in [4.69, 9.17) is 11.6 Å². The average molecular weight is 375 g/mol. The summed E-state index contributed by atoms with van der Waals surface area (Å²) >= 11 is 5.74.